The van der Waals surface area contributed by atoms with Crippen LogP contribution in [0, 0.1) is 20.8 Å². The minimum Gasteiger partial charge on any atom is -0.496 e. The Hall–Kier alpha value is -2.41. The molecule has 1 unspecified atom stereocenters. The van der Waals surface area contributed by atoms with Crippen molar-refractivity contribution in [2.75, 3.05) is 20.2 Å². The molecule has 4 rings (SSSR count). The van der Waals surface area contributed by atoms with Crippen molar-refractivity contribution in [1.29, 1.82) is 0 Å². The van der Waals surface area contributed by atoms with Gasteiger partial charge in [0.2, 0.25) is 5.91 Å². The van der Waals surface area contributed by atoms with Gasteiger partial charge in [-0.05, 0) is 68.5 Å². The Labute approximate surface area is 172 Å². The minimum atomic E-state index is 0.101. The molecular formula is C22H31N5O2. The molecule has 1 fully saturated rings. The smallest absolute Gasteiger partial charge is 0.219 e. The Morgan fingerprint density at radius 3 is 2.69 bits per heavy atom. The third-order valence-corrected chi connectivity index (χ3v) is 6.68. The van der Waals surface area contributed by atoms with Gasteiger partial charge >= 0.3 is 0 Å². The quantitative estimate of drug-likeness (QED) is 0.794. The second kappa shape index (κ2) is 7.78. The average molecular weight is 398 g/mol. The van der Waals surface area contributed by atoms with Gasteiger partial charge in [0, 0.05) is 26.6 Å². The van der Waals surface area contributed by atoms with Gasteiger partial charge in [-0.2, -0.15) is 0 Å². The van der Waals surface area contributed by atoms with E-state index >= 15 is 0 Å². The lowest BCUT2D eigenvalue weighted by Crippen LogP contribution is -2.38. The van der Waals surface area contributed by atoms with Gasteiger partial charge in [-0.1, -0.05) is 0 Å². The van der Waals surface area contributed by atoms with E-state index in [1.165, 1.54) is 28.7 Å². The molecule has 0 spiro atoms. The number of amides is 1. The zero-order chi connectivity index (χ0) is 20.7. The van der Waals surface area contributed by atoms with E-state index in [0.29, 0.717) is 6.54 Å². The molecule has 1 atom stereocenters. The monoisotopic (exact) mass is 397 g/mol. The van der Waals surface area contributed by atoms with Crippen LogP contribution in [0.25, 0.3) is 0 Å². The highest BCUT2D eigenvalue weighted by Crippen LogP contribution is 2.36. The number of rotatable bonds is 4. The molecule has 0 aliphatic carbocycles. The number of carbonyl (C=O) groups excluding carboxylic acids is 1. The number of fused-ring (bicyclic) bond motifs is 1. The molecule has 0 N–H and O–H groups in total. The van der Waals surface area contributed by atoms with E-state index in [4.69, 9.17) is 4.74 Å². The molecule has 0 bridgehead atoms. The molecular weight excluding hydrogens is 366 g/mol. The van der Waals surface area contributed by atoms with E-state index in [1.807, 2.05) is 4.90 Å². The summed E-state index contributed by atoms with van der Waals surface area (Å²) in [5.74, 6) is 3.02. The number of aryl methyl sites for hydroxylation is 1. The minimum absolute atomic E-state index is 0.101. The fourth-order valence-corrected chi connectivity index (χ4v) is 4.76. The zero-order valence-corrected chi connectivity index (χ0v) is 18.2. The van der Waals surface area contributed by atoms with Gasteiger partial charge in [0.25, 0.3) is 0 Å². The first-order valence-corrected chi connectivity index (χ1v) is 10.5. The second-order valence-electron chi connectivity index (χ2n) is 8.32. The van der Waals surface area contributed by atoms with Crippen LogP contribution < -0.4 is 4.74 Å². The number of hydrogen-bond donors (Lipinski definition) is 0. The third-order valence-electron chi connectivity index (χ3n) is 6.68. The molecule has 2 aliphatic rings. The molecule has 156 valence electrons. The van der Waals surface area contributed by atoms with Crippen LogP contribution in [0.5, 0.6) is 5.75 Å². The van der Waals surface area contributed by atoms with Crippen molar-refractivity contribution in [2.45, 2.75) is 66.2 Å². The number of carbonyl (C=O) groups is 1. The molecule has 29 heavy (non-hydrogen) atoms. The second-order valence-corrected chi connectivity index (χ2v) is 8.32. The lowest BCUT2D eigenvalue weighted by molar-refractivity contribution is -0.130. The number of ether oxygens (including phenoxy) is 1. The number of benzene rings is 1. The van der Waals surface area contributed by atoms with Crippen molar-refractivity contribution in [3.8, 4) is 5.75 Å². The van der Waals surface area contributed by atoms with Gasteiger partial charge in [-0.3, -0.25) is 9.69 Å². The fourth-order valence-electron chi connectivity index (χ4n) is 4.76. The maximum absolute atomic E-state index is 11.7. The summed E-state index contributed by atoms with van der Waals surface area (Å²) in [5, 5.41) is 8.99. The number of aromatic nitrogens is 3. The van der Waals surface area contributed by atoms with Crippen LogP contribution in [0.15, 0.2) is 6.07 Å². The summed E-state index contributed by atoms with van der Waals surface area (Å²) in [4.78, 5) is 16.1. The first-order chi connectivity index (χ1) is 13.9. The van der Waals surface area contributed by atoms with E-state index in [9.17, 15) is 4.79 Å². The topological polar surface area (TPSA) is 63.5 Å². The molecule has 2 aliphatic heterocycles. The van der Waals surface area contributed by atoms with Crippen LogP contribution in [0.3, 0.4) is 0 Å². The van der Waals surface area contributed by atoms with Crippen molar-refractivity contribution in [2.24, 2.45) is 0 Å². The Kier molecular flexibility index (Phi) is 5.34. The summed E-state index contributed by atoms with van der Waals surface area (Å²) in [7, 11) is 1.74. The first-order valence-electron chi connectivity index (χ1n) is 10.5. The lowest BCUT2D eigenvalue weighted by atomic mass is 9.96. The van der Waals surface area contributed by atoms with Crippen LogP contribution in [0.1, 0.15) is 59.7 Å². The molecule has 1 saturated heterocycles. The van der Waals surface area contributed by atoms with E-state index in [0.717, 1.165) is 50.0 Å². The van der Waals surface area contributed by atoms with E-state index < -0.39 is 0 Å². The Morgan fingerprint density at radius 2 is 1.97 bits per heavy atom. The van der Waals surface area contributed by atoms with Crippen LogP contribution in [-0.2, 0) is 24.4 Å². The molecule has 1 aromatic carbocycles. The van der Waals surface area contributed by atoms with E-state index in [1.54, 1.807) is 14.0 Å². The summed E-state index contributed by atoms with van der Waals surface area (Å²) < 4.78 is 7.77. The van der Waals surface area contributed by atoms with Gasteiger partial charge in [0.15, 0.2) is 11.6 Å². The standard InChI is InChI=1S/C22H31N5O2/c1-14-11-20(29-5)16(3)15(2)18(14)12-26-8-6-7-19(26)22-24-23-21-13-25(17(4)28)9-10-27(21)22/h11,19H,6-10,12-13H2,1-5H3. The predicted molar refractivity (Wildman–Crippen MR) is 111 cm³/mol. The number of nitrogens with zero attached hydrogens (tertiary/aromatic N) is 5. The highest BCUT2D eigenvalue weighted by atomic mass is 16.5. The largest absolute Gasteiger partial charge is 0.496 e. The van der Waals surface area contributed by atoms with Crippen LogP contribution in [-0.4, -0.2) is 50.7 Å². The van der Waals surface area contributed by atoms with Gasteiger partial charge in [0.05, 0.1) is 19.7 Å². The fraction of sp³-hybridized carbons (Fsp3) is 0.591. The summed E-state index contributed by atoms with van der Waals surface area (Å²) in [6.07, 6.45) is 2.27. The van der Waals surface area contributed by atoms with Crippen molar-refractivity contribution in [3.63, 3.8) is 0 Å². The summed E-state index contributed by atoms with van der Waals surface area (Å²) in [6, 6.07) is 2.43. The number of likely N-dealkylation sites (tertiary alicyclic amines) is 1. The van der Waals surface area contributed by atoms with E-state index in [2.05, 4.69) is 46.5 Å². The number of hydrogen-bond acceptors (Lipinski definition) is 5. The lowest BCUT2D eigenvalue weighted by Gasteiger charge is -2.30. The van der Waals surface area contributed by atoms with Crippen molar-refractivity contribution in [1.82, 2.24) is 24.6 Å². The maximum atomic E-state index is 11.7. The molecule has 1 amide bonds. The molecule has 7 heteroatoms. The Bertz CT molecular complexity index is 936. The molecule has 3 heterocycles. The molecule has 7 nitrogen and oxygen atoms in total. The van der Waals surface area contributed by atoms with Crippen LogP contribution >= 0.6 is 0 Å². The van der Waals surface area contributed by atoms with Gasteiger partial charge in [-0.25, -0.2) is 0 Å². The van der Waals surface area contributed by atoms with Gasteiger partial charge in [0.1, 0.15) is 5.75 Å². The molecule has 2 aromatic rings. The third kappa shape index (κ3) is 3.52. The molecule has 0 saturated carbocycles. The van der Waals surface area contributed by atoms with Gasteiger partial charge < -0.3 is 14.2 Å². The summed E-state index contributed by atoms with van der Waals surface area (Å²) in [5.41, 5.74) is 5.19. The zero-order valence-electron chi connectivity index (χ0n) is 18.2. The highest BCUT2D eigenvalue weighted by molar-refractivity contribution is 5.73. The summed E-state index contributed by atoms with van der Waals surface area (Å²) >= 11 is 0. The van der Waals surface area contributed by atoms with Crippen molar-refractivity contribution in [3.05, 3.63) is 40.0 Å². The van der Waals surface area contributed by atoms with Gasteiger partial charge in [-0.15, -0.1) is 10.2 Å². The number of methoxy groups -OCH3 is 1. The van der Waals surface area contributed by atoms with E-state index in [-0.39, 0.29) is 11.9 Å². The van der Waals surface area contributed by atoms with Crippen LogP contribution in [0.4, 0.5) is 0 Å². The predicted octanol–water partition coefficient (Wildman–Crippen LogP) is 2.91. The highest BCUT2D eigenvalue weighted by Gasteiger charge is 2.33. The molecule has 1 aromatic heterocycles. The average Bonchev–Trinajstić information content (AvgIpc) is 3.33. The SMILES string of the molecule is COc1cc(C)c(CN2CCCC2c2nnc3n2CCN(C(C)=O)C3)c(C)c1C. The Balaban J connectivity index is 1.59. The Morgan fingerprint density at radius 1 is 1.17 bits per heavy atom. The first kappa shape index (κ1) is 19.9. The normalized spacial score (nSPS) is 19.5. The van der Waals surface area contributed by atoms with Crippen LogP contribution in [0.2, 0.25) is 0 Å². The maximum Gasteiger partial charge on any atom is 0.219 e. The van der Waals surface area contributed by atoms with Crippen molar-refractivity contribution < 1.29 is 9.53 Å². The van der Waals surface area contributed by atoms with Crippen molar-refractivity contribution >= 4 is 5.91 Å². The summed E-state index contributed by atoms with van der Waals surface area (Å²) in [6.45, 7) is 12.2. The molecule has 0 radical (unpaired) electrons.